The highest BCUT2D eigenvalue weighted by molar-refractivity contribution is 6.72. The zero-order valence-electron chi connectivity index (χ0n) is 24.8. The lowest BCUT2D eigenvalue weighted by Gasteiger charge is -2.33. The summed E-state index contributed by atoms with van der Waals surface area (Å²) in [5, 5.41) is 18.7. The van der Waals surface area contributed by atoms with E-state index in [1.54, 1.807) is 33.7 Å². The van der Waals surface area contributed by atoms with Crippen LogP contribution in [-0.2, 0) is 26.5 Å². The van der Waals surface area contributed by atoms with E-state index in [2.05, 4.69) is 16.9 Å². The van der Waals surface area contributed by atoms with Crippen LogP contribution in [0.2, 0.25) is 18.6 Å². The van der Waals surface area contributed by atoms with Gasteiger partial charge in [-0.05, 0) is 43.3 Å². The first kappa shape index (κ1) is 29.4. The number of hydrogen-bond acceptors (Lipinski definition) is 6. The zero-order valence-corrected chi connectivity index (χ0v) is 25.8. The second-order valence-electron chi connectivity index (χ2n) is 12.3. The molecule has 1 N–H and O–H groups in total. The summed E-state index contributed by atoms with van der Waals surface area (Å²) in [6, 6.07) is 15.3. The fourth-order valence-electron chi connectivity index (χ4n) is 7.27. The molecule has 0 radical (unpaired) electrons. The molecule has 6 rings (SSSR count). The summed E-state index contributed by atoms with van der Waals surface area (Å²) in [6.07, 6.45) is 3.88. The van der Waals surface area contributed by atoms with E-state index in [-0.39, 0.29) is 24.3 Å². The number of anilines is 2. The zero-order chi connectivity index (χ0) is 30.5. The van der Waals surface area contributed by atoms with Gasteiger partial charge >= 0.3 is 0 Å². The van der Waals surface area contributed by atoms with Crippen molar-refractivity contribution in [2.75, 3.05) is 29.5 Å². The average molecular weight is 604 g/mol. The van der Waals surface area contributed by atoms with Gasteiger partial charge in [-0.2, -0.15) is 0 Å². The number of ether oxygens (including phenoxy) is 1. The average Bonchev–Trinajstić information content (AvgIpc) is 3.63. The van der Waals surface area contributed by atoms with Gasteiger partial charge in [0.1, 0.15) is 0 Å². The maximum Gasteiger partial charge on any atom is 0.264 e. The summed E-state index contributed by atoms with van der Waals surface area (Å²) < 4.78 is 24.7. The first-order valence-corrected chi connectivity index (χ1v) is 17.9. The Labute approximate surface area is 252 Å². The van der Waals surface area contributed by atoms with Crippen molar-refractivity contribution in [3.63, 3.8) is 0 Å². The molecule has 226 valence electrons. The van der Waals surface area contributed by atoms with Crippen molar-refractivity contribution < 1.29 is 23.5 Å². The first-order valence-electron chi connectivity index (χ1n) is 14.9. The molecule has 0 bridgehead atoms. The Morgan fingerprint density at radius 1 is 1.23 bits per heavy atom. The Hall–Kier alpha value is -3.67. The molecule has 2 saturated heterocycles. The summed E-state index contributed by atoms with van der Waals surface area (Å²) >= 11 is 0. The minimum atomic E-state index is -3.34. The van der Waals surface area contributed by atoms with Crippen LogP contribution in [0, 0.1) is 5.92 Å². The van der Waals surface area contributed by atoms with Gasteiger partial charge in [-0.25, -0.2) is 0 Å². The van der Waals surface area contributed by atoms with Crippen LogP contribution in [0.4, 0.5) is 15.5 Å². The molecule has 4 heterocycles. The molecule has 1 unspecified atom stereocenters. The maximum atomic E-state index is 16.2. The fraction of sp³-hybridized carbons (Fsp3) is 0.438. The predicted molar refractivity (Wildman–Crippen MR) is 164 cm³/mol. The topological polar surface area (TPSA) is 101 Å². The van der Waals surface area contributed by atoms with Crippen LogP contribution in [0.5, 0.6) is 0 Å². The van der Waals surface area contributed by atoms with Gasteiger partial charge in [0.15, 0.2) is 5.60 Å². The number of aromatic nitrogens is 3. The number of carbonyl (C=O) groups is 2. The molecule has 5 atom stereocenters. The van der Waals surface area contributed by atoms with Crippen LogP contribution in [0.1, 0.15) is 42.5 Å². The molecule has 1 aromatic heterocycles. The number of β-lactam (4-membered cyclic amide) rings is 1. The van der Waals surface area contributed by atoms with E-state index >= 15 is 4.11 Å². The normalized spacial score (nSPS) is 25.7. The summed E-state index contributed by atoms with van der Waals surface area (Å²) in [7, 11) is -3.34. The highest BCUT2D eigenvalue weighted by Crippen LogP contribution is 2.60. The highest BCUT2D eigenvalue weighted by Gasteiger charge is 2.66. The van der Waals surface area contributed by atoms with Gasteiger partial charge in [0, 0.05) is 55.0 Å². The van der Waals surface area contributed by atoms with Crippen molar-refractivity contribution in [1.82, 2.24) is 15.0 Å². The molecule has 2 amide bonds. The third-order valence-corrected chi connectivity index (χ3v) is 11.8. The molecule has 2 aromatic carbocycles. The number of halogens is 1. The number of amides is 2. The number of benzene rings is 2. The van der Waals surface area contributed by atoms with Gasteiger partial charge in [0.2, 0.25) is 14.3 Å². The highest BCUT2D eigenvalue weighted by atomic mass is 28.4. The second-order valence-corrected chi connectivity index (χ2v) is 16.1. The number of rotatable bonds is 10. The number of aryl methyl sites for hydroxylation is 1. The molecule has 1 spiro atoms. The fourth-order valence-corrected chi connectivity index (χ4v) is 9.81. The first-order chi connectivity index (χ1) is 20.6. The molecular formula is C32H38FN5O4Si. The Morgan fingerprint density at radius 3 is 2.63 bits per heavy atom. The Kier molecular flexibility index (Phi) is 7.60. The molecule has 11 heteroatoms. The van der Waals surface area contributed by atoms with Gasteiger partial charge in [0.05, 0.1) is 30.0 Å². The molecular weight excluding hydrogens is 565 g/mol. The molecule has 3 aliphatic rings. The van der Waals surface area contributed by atoms with Crippen LogP contribution < -0.4 is 9.80 Å². The molecule has 2 fully saturated rings. The van der Waals surface area contributed by atoms with Crippen LogP contribution in [0.15, 0.2) is 67.4 Å². The summed E-state index contributed by atoms with van der Waals surface area (Å²) in [5.41, 5.74) is 1.89. The van der Waals surface area contributed by atoms with E-state index in [0.717, 1.165) is 11.3 Å². The standard InChI is InChI=1S/C32H38FN5O4Si/c1-5-15-38-27-12-11-23(37-17-14-29(37)40)18-25(27)32(31(38)41)21(2)30(43(3,4)33)28(42-32)13-16-36-19-26(34-35-36)24(20-39)22-9-7-6-8-10-22/h5-12,18-19,21,24,28,30,39H,1,13-17,20H2,2-4H3/t21-,24?,28+,30-,32+/m1/s1. The van der Waals surface area contributed by atoms with Crippen molar-refractivity contribution in [3.8, 4) is 0 Å². The molecule has 9 nitrogen and oxygen atoms in total. The molecule has 0 aliphatic carbocycles. The lowest BCUT2D eigenvalue weighted by molar-refractivity contribution is -0.145. The van der Waals surface area contributed by atoms with E-state index in [0.29, 0.717) is 49.4 Å². The van der Waals surface area contributed by atoms with E-state index in [1.165, 1.54) is 0 Å². The monoisotopic (exact) mass is 603 g/mol. The van der Waals surface area contributed by atoms with Gasteiger partial charge in [-0.15, -0.1) is 11.7 Å². The Balaban J connectivity index is 1.31. The van der Waals surface area contributed by atoms with Gasteiger partial charge in [-0.1, -0.05) is 48.5 Å². The maximum absolute atomic E-state index is 16.2. The molecule has 0 saturated carbocycles. The van der Waals surface area contributed by atoms with Crippen molar-refractivity contribution in [2.45, 2.75) is 62.6 Å². The predicted octanol–water partition coefficient (Wildman–Crippen LogP) is 4.54. The number of carbonyl (C=O) groups excluding carboxylic acids is 2. The number of fused-ring (bicyclic) bond motifs is 2. The third kappa shape index (κ3) is 4.83. The van der Waals surface area contributed by atoms with E-state index in [9.17, 15) is 14.7 Å². The van der Waals surface area contributed by atoms with Crippen LogP contribution in [-0.4, -0.2) is 66.1 Å². The van der Waals surface area contributed by atoms with Crippen molar-refractivity contribution in [2.24, 2.45) is 5.92 Å². The van der Waals surface area contributed by atoms with Crippen LogP contribution >= 0.6 is 0 Å². The summed E-state index contributed by atoms with van der Waals surface area (Å²) in [5.74, 6) is -0.917. The number of nitrogens with zero attached hydrogens (tertiary/aromatic N) is 5. The van der Waals surface area contributed by atoms with Gasteiger partial charge in [0.25, 0.3) is 5.91 Å². The number of hydrogen-bond donors (Lipinski definition) is 1. The third-order valence-electron chi connectivity index (χ3n) is 9.36. The quantitative estimate of drug-likeness (QED) is 0.158. The van der Waals surface area contributed by atoms with Crippen LogP contribution in [0.3, 0.4) is 0 Å². The number of aliphatic hydroxyl groups is 1. The molecule has 3 aliphatic heterocycles. The molecule has 43 heavy (non-hydrogen) atoms. The van der Waals surface area contributed by atoms with Crippen molar-refractivity contribution in [3.05, 3.63) is 84.2 Å². The van der Waals surface area contributed by atoms with Gasteiger partial charge in [-0.3, -0.25) is 14.3 Å². The van der Waals surface area contributed by atoms with Crippen molar-refractivity contribution in [1.29, 1.82) is 0 Å². The summed E-state index contributed by atoms with van der Waals surface area (Å²) in [4.78, 5) is 29.9. The van der Waals surface area contributed by atoms with E-state index < -0.39 is 31.6 Å². The molecule has 3 aromatic rings. The second kappa shape index (κ2) is 11.1. The Bertz CT molecular complexity index is 1540. The van der Waals surface area contributed by atoms with E-state index in [1.807, 2.05) is 61.7 Å². The SMILES string of the molecule is C=CCN1C(=O)[C@@]2(O[C@@H](CCn3cc(C(CO)c4ccccc4)nn3)[C@H]([Si](C)(C)F)[C@H]2C)c2cc(N3CCC3=O)ccc21. The minimum absolute atomic E-state index is 0.0395. The largest absolute Gasteiger partial charge is 0.395 e. The lowest BCUT2D eigenvalue weighted by Crippen LogP contribution is -2.45. The summed E-state index contributed by atoms with van der Waals surface area (Å²) in [6.45, 7) is 10.4. The van der Waals surface area contributed by atoms with Crippen LogP contribution in [0.25, 0.3) is 0 Å². The lowest BCUT2D eigenvalue weighted by atomic mass is 9.82. The Morgan fingerprint density at radius 2 is 2.00 bits per heavy atom. The van der Waals surface area contributed by atoms with Gasteiger partial charge < -0.3 is 23.8 Å². The number of aliphatic hydroxyl groups excluding tert-OH is 1. The van der Waals surface area contributed by atoms with Crippen molar-refractivity contribution >= 4 is 31.6 Å². The minimum Gasteiger partial charge on any atom is -0.395 e. The van der Waals surface area contributed by atoms with E-state index in [4.69, 9.17) is 4.74 Å². The smallest absolute Gasteiger partial charge is 0.264 e.